The topological polar surface area (TPSA) is 69.7 Å². The van der Waals surface area contributed by atoms with Gasteiger partial charge in [-0.15, -0.1) is 0 Å². The molecule has 2 heterocycles. The van der Waals surface area contributed by atoms with Gasteiger partial charge in [-0.3, -0.25) is 9.69 Å². The zero-order chi connectivity index (χ0) is 18.0. The van der Waals surface area contributed by atoms with Crippen LogP contribution in [0.3, 0.4) is 0 Å². The van der Waals surface area contributed by atoms with Gasteiger partial charge < -0.3 is 5.32 Å². The molecule has 3 rings (SSSR count). The van der Waals surface area contributed by atoms with Crippen molar-refractivity contribution in [1.82, 2.24) is 14.5 Å². The molecule has 0 aromatic heterocycles. The van der Waals surface area contributed by atoms with Crippen LogP contribution in [-0.2, 0) is 14.8 Å². The van der Waals surface area contributed by atoms with E-state index in [1.807, 2.05) is 18.2 Å². The number of amides is 1. The first-order valence-corrected chi connectivity index (χ1v) is 10.8. The minimum atomic E-state index is -3.33. The Balaban J connectivity index is 1.57. The molecule has 1 aromatic rings. The maximum atomic E-state index is 12.6. The van der Waals surface area contributed by atoms with Crippen molar-refractivity contribution in [3.05, 3.63) is 35.9 Å². The molecule has 2 aliphatic heterocycles. The van der Waals surface area contributed by atoms with Gasteiger partial charge in [0, 0.05) is 31.7 Å². The lowest BCUT2D eigenvalue weighted by molar-refractivity contribution is -0.124. The van der Waals surface area contributed by atoms with Crippen molar-refractivity contribution in [2.75, 3.05) is 25.9 Å². The van der Waals surface area contributed by atoms with Crippen molar-refractivity contribution in [1.29, 1.82) is 0 Å². The summed E-state index contributed by atoms with van der Waals surface area (Å²) >= 11 is 0. The van der Waals surface area contributed by atoms with Gasteiger partial charge >= 0.3 is 0 Å². The summed E-state index contributed by atoms with van der Waals surface area (Å²) in [6.07, 6.45) is 3.43. The van der Waals surface area contributed by atoms with Crippen molar-refractivity contribution in [2.45, 2.75) is 44.3 Å². The van der Waals surface area contributed by atoms with Gasteiger partial charge in [0.15, 0.2) is 0 Å². The number of likely N-dealkylation sites (tertiary alicyclic amines) is 1. The Morgan fingerprint density at radius 2 is 1.92 bits per heavy atom. The Morgan fingerprint density at radius 3 is 2.60 bits per heavy atom. The van der Waals surface area contributed by atoms with Crippen LogP contribution in [0.5, 0.6) is 0 Å². The number of hydrogen-bond donors (Lipinski definition) is 1. The van der Waals surface area contributed by atoms with Crippen LogP contribution in [-0.4, -0.2) is 61.5 Å². The predicted molar refractivity (Wildman–Crippen MR) is 97.5 cm³/mol. The summed E-state index contributed by atoms with van der Waals surface area (Å²) in [6.45, 7) is 4.36. The van der Waals surface area contributed by atoms with Crippen molar-refractivity contribution < 1.29 is 13.2 Å². The summed E-state index contributed by atoms with van der Waals surface area (Å²) < 4.78 is 25.0. The zero-order valence-electron chi connectivity index (χ0n) is 14.9. The molecule has 3 atom stereocenters. The van der Waals surface area contributed by atoms with E-state index in [9.17, 15) is 13.2 Å². The summed E-state index contributed by atoms with van der Waals surface area (Å²) in [7, 11) is -3.33. The van der Waals surface area contributed by atoms with Gasteiger partial charge in [-0.05, 0) is 31.7 Å². The molecule has 2 fully saturated rings. The third kappa shape index (κ3) is 4.22. The molecule has 0 saturated carbocycles. The van der Waals surface area contributed by atoms with Crippen LogP contribution in [0.25, 0.3) is 0 Å². The zero-order valence-corrected chi connectivity index (χ0v) is 15.7. The number of sulfonamides is 1. The van der Waals surface area contributed by atoms with E-state index in [4.69, 9.17) is 0 Å². The lowest BCUT2D eigenvalue weighted by atomic mass is 10.1. The summed E-state index contributed by atoms with van der Waals surface area (Å²) in [4.78, 5) is 14.9. The fourth-order valence-electron chi connectivity index (χ4n) is 3.90. The van der Waals surface area contributed by atoms with E-state index in [2.05, 4.69) is 29.3 Å². The monoisotopic (exact) mass is 365 g/mol. The van der Waals surface area contributed by atoms with Crippen LogP contribution >= 0.6 is 0 Å². The molecular formula is C18H27N3O3S. The van der Waals surface area contributed by atoms with Crippen LogP contribution in [0.1, 0.15) is 37.8 Å². The second kappa shape index (κ2) is 7.43. The highest BCUT2D eigenvalue weighted by atomic mass is 32.2. The van der Waals surface area contributed by atoms with E-state index in [0.717, 1.165) is 25.9 Å². The van der Waals surface area contributed by atoms with Gasteiger partial charge in [-0.1, -0.05) is 30.3 Å². The Hall–Kier alpha value is -1.44. The van der Waals surface area contributed by atoms with Crippen LogP contribution in [0, 0.1) is 0 Å². The molecule has 6 nitrogen and oxygen atoms in total. The summed E-state index contributed by atoms with van der Waals surface area (Å²) in [5.41, 5.74) is 1.27. The molecule has 0 aliphatic carbocycles. The minimum Gasteiger partial charge on any atom is -0.351 e. The number of rotatable bonds is 5. The van der Waals surface area contributed by atoms with Crippen molar-refractivity contribution in [2.24, 2.45) is 0 Å². The first-order chi connectivity index (χ1) is 11.9. The number of carbonyl (C=O) groups is 1. The first-order valence-electron chi connectivity index (χ1n) is 8.92. The van der Waals surface area contributed by atoms with E-state index in [1.165, 1.54) is 16.1 Å². The van der Waals surface area contributed by atoms with Crippen molar-refractivity contribution in [3.8, 4) is 0 Å². The standard InChI is InChI=1S/C18H27N3O3S/c1-14(15-7-4-3-5-8-15)20-12-10-16(13-20)19-18(22)17-9-6-11-21(17)25(2,23)24/h3-5,7-8,14,16-17H,6,9-13H2,1-2H3,(H,19,22). The van der Waals surface area contributed by atoms with E-state index in [-0.39, 0.29) is 11.9 Å². The minimum absolute atomic E-state index is 0.0840. The highest BCUT2D eigenvalue weighted by Gasteiger charge is 2.38. The number of benzene rings is 1. The number of hydrogen-bond acceptors (Lipinski definition) is 4. The van der Waals surface area contributed by atoms with E-state index in [1.54, 1.807) is 0 Å². The van der Waals surface area contributed by atoms with Gasteiger partial charge in [0.05, 0.1) is 6.26 Å². The summed E-state index contributed by atoms with van der Waals surface area (Å²) in [6, 6.07) is 10.2. The normalized spacial score (nSPS) is 26.6. The average Bonchev–Trinajstić information content (AvgIpc) is 3.24. The maximum Gasteiger partial charge on any atom is 0.238 e. The van der Waals surface area contributed by atoms with Gasteiger partial charge in [0.1, 0.15) is 6.04 Å². The molecule has 1 amide bonds. The van der Waals surface area contributed by atoms with Gasteiger partial charge in [0.25, 0.3) is 0 Å². The summed E-state index contributed by atoms with van der Waals surface area (Å²) in [5, 5.41) is 3.07. The molecule has 1 N–H and O–H groups in total. The summed E-state index contributed by atoms with van der Waals surface area (Å²) in [5.74, 6) is -0.151. The quantitative estimate of drug-likeness (QED) is 0.855. The third-order valence-corrected chi connectivity index (χ3v) is 6.62. The smallest absolute Gasteiger partial charge is 0.238 e. The molecule has 1 aromatic carbocycles. The number of nitrogens with zero attached hydrogens (tertiary/aromatic N) is 2. The molecule has 25 heavy (non-hydrogen) atoms. The van der Waals surface area contributed by atoms with E-state index >= 15 is 0 Å². The Morgan fingerprint density at radius 1 is 1.20 bits per heavy atom. The molecule has 138 valence electrons. The lowest BCUT2D eigenvalue weighted by Crippen LogP contribution is -2.49. The Bertz CT molecular complexity index is 708. The Labute approximate surface area is 150 Å². The van der Waals surface area contributed by atoms with Crippen LogP contribution in [0.2, 0.25) is 0 Å². The largest absolute Gasteiger partial charge is 0.351 e. The highest BCUT2D eigenvalue weighted by Crippen LogP contribution is 2.25. The van der Waals surface area contributed by atoms with Crippen molar-refractivity contribution in [3.63, 3.8) is 0 Å². The van der Waals surface area contributed by atoms with Gasteiger partial charge in [-0.2, -0.15) is 4.31 Å². The maximum absolute atomic E-state index is 12.6. The second-order valence-electron chi connectivity index (χ2n) is 7.11. The van der Waals surface area contributed by atoms with Gasteiger partial charge in [-0.25, -0.2) is 8.42 Å². The molecular weight excluding hydrogens is 338 g/mol. The second-order valence-corrected chi connectivity index (χ2v) is 9.04. The number of carbonyl (C=O) groups excluding carboxylic acids is 1. The molecule has 0 bridgehead atoms. The first kappa shape index (κ1) is 18.4. The van der Waals surface area contributed by atoms with Gasteiger partial charge in [0.2, 0.25) is 15.9 Å². The third-order valence-electron chi connectivity index (χ3n) is 5.33. The number of nitrogens with one attached hydrogen (secondary N) is 1. The van der Waals surface area contributed by atoms with Crippen LogP contribution < -0.4 is 5.32 Å². The fourth-order valence-corrected chi connectivity index (χ4v) is 5.02. The van der Waals surface area contributed by atoms with Crippen LogP contribution in [0.4, 0.5) is 0 Å². The molecule has 2 saturated heterocycles. The highest BCUT2D eigenvalue weighted by molar-refractivity contribution is 7.88. The lowest BCUT2D eigenvalue weighted by Gasteiger charge is -2.26. The van der Waals surface area contributed by atoms with Crippen LogP contribution in [0.15, 0.2) is 30.3 Å². The molecule has 3 unspecified atom stereocenters. The molecule has 2 aliphatic rings. The van der Waals surface area contributed by atoms with Crippen molar-refractivity contribution >= 4 is 15.9 Å². The predicted octanol–water partition coefficient (Wildman–Crippen LogP) is 1.36. The molecule has 0 spiro atoms. The fraction of sp³-hybridized carbons (Fsp3) is 0.611. The molecule has 7 heteroatoms. The van der Waals surface area contributed by atoms with E-state index in [0.29, 0.717) is 19.0 Å². The SMILES string of the molecule is CC(c1ccccc1)N1CCC(NC(=O)C2CCCN2S(C)(=O)=O)C1. The molecule has 0 radical (unpaired) electrons. The van der Waals surface area contributed by atoms with E-state index < -0.39 is 16.1 Å². The Kier molecular flexibility index (Phi) is 5.46. The average molecular weight is 365 g/mol.